The van der Waals surface area contributed by atoms with Gasteiger partial charge in [0.2, 0.25) is 5.91 Å². The summed E-state index contributed by atoms with van der Waals surface area (Å²) in [6.07, 6.45) is 3.34. The molecule has 3 rings (SSSR count). The molecule has 0 aliphatic carbocycles. The second kappa shape index (κ2) is 8.59. The van der Waals surface area contributed by atoms with Crippen LogP contribution in [0.15, 0.2) is 30.3 Å². The summed E-state index contributed by atoms with van der Waals surface area (Å²) in [6, 6.07) is 8.79. The maximum atomic E-state index is 13.0. The molecule has 0 spiro atoms. The molecule has 1 N–H and O–H groups in total. The molecule has 1 aliphatic rings. The summed E-state index contributed by atoms with van der Waals surface area (Å²) in [6.45, 7) is 6.68. The minimum absolute atomic E-state index is 0.0234. The third-order valence-corrected chi connectivity index (χ3v) is 5.64. The predicted octanol–water partition coefficient (Wildman–Crippen LogP) is 2.78. The first-order valence-electron chi connectivity index (χ1n) is 10.0. The second-order valence-corrected chi connectivity index (χ2v) is 7.76. The van der Waals surface area contributed by atoms with Gasteiger partial charge in [-0.25, -0.2) is 0 Å². The van der Waals surface area contributed by atoms with Gasteiger partial charge >= 0.3 is 0 Å². The van der Waals surface area contributed by atoms with Crippen molar-refractivity contribution >= 4 is 11.8 Å². The van der Waals surface area contributed by atoms with Crippen LogP contribution in [0.25, 0.3) is 0 Å². The monoisotopic (exact) mass is 382 g/mol. The molecule has 0 bridgehead atoms. The van der Waals surface area contributed by atoms with E-state index in [1.54, 1.807) is 4.90 Å². The lowest BCUT2D eigenvalue weighted by atomic mass is 9.99. The molecule has 0 saturated carbocycles. The fourth-order valence-electron chi connectivity index (χ4n) is 4.00. The van der Waals surface area contributed by atoms with Crippen LogP contribution >= 0.6 is 0 Å². The van der Waals surface area contributed by atoms with Gasteiger partial charge in [0, 0.05) is 30.9 Å². The number of aryl methyl sites for hydroxylation is 2. The molecule has 0 radical (unpaired) electrons. The Labute approximate surface area is 166 Å². The van der Waals surface area contributed by atoms with Gasteiger partial charge in [0.15, 0.2) is 0 Å². The summed E-state index contributed by atoms with van der Waals surface area (Å²) in [4.78, 5) is 27.7. The van der Waals surface area contributed by atoms with Gasteiger partial charge in [-0.1, -0.05) is 18.2 Å². The van der Waals surface area contributed by atoms with Crippen molar-refractivity contribution in [2.24, 2.45) is 7.05 Å². The number of carbonyl (C=O) groups is 2. The van der Waals surface area contributed by atoms with Gasteiger partial charge in [0.25, 0.3) is 5.91 Å². The highest BCUT2D eigenvalue weighted by molar-refractivity contribution is 5.97. The topological polar surface area (TPSA) is 67.2 Å². The molecular formula is C22H30N4O2. The summed E-state index contributed by atoms with van der Waals surface area (Å²) in [5.74, 6) is -0.122. The minimum Gasteiger partial charge on any atom is -0.352 e. The Morgan fingerprint density at radius 3 is 2.57 bits per heavy atom. The summed E-state index contributed by atoms with van der Waals surface area (Å²) < 4.78 is 1.88. The molecule has 1 aromatic heterocycles. The predicted molar refractivity (Wildman–Crippen MR) is 109 cm³/mol. The SMILES string of the molecule is Cc1nn(C)c(C)c1CC(C)NC(=O)C1CCCCN1C(=O)c1ccccc1. The Balaban J connectivity index is 1.68. The Kier molecular flexibility index (Phi) is 6.17. The fourth-order valence-corrected chi connectivity index (χ4v) is 4.00. The summed E-state index contributed by atoms with van der Waals surface area (Å²) >= 11 is 0. The first-order valence-corrected chi connectivity index (χ1v) is 10.0. The van der Waals surface area contributed by atoms with E-state index in [1.165, 1.54) is 5.56 Å². The smallest absolute Gasteiger partial charge is 0.254 e. The highest BCUT2D eigenvalue weighted by Crippen LogP contribution is 2.21. The standard InChI is InChI=1S/C22H30N4O2/c1-15(14-19-16(2)24-25(4)17(19)3)23-21(27)20-12-8-9-13-26(20)22(28)18-10-6-5-7-11-18/h5-7,10-11,15,20H,8-9,12-14H2,1-4H3,(H,23,27). The fraction of sp³-hybridized carbons (Fsp3) is 0.500. The van der Waals surface area contributed by atoms with E-state index in [0.717, 1.165) is 30.7 Å². The Hall–Kier alpha value is -2.63. The third kappa shape index (κ3) is 4.26. The number of piperidine rings is 1. The van der Waals surface area contributed by atoms with E-state index in [2.05, 4.69) is 10.4 Å². The van der Waals surface area contributed by atoms with Crippen LogP contribution in [0.5, 0.6) is 0 Å². The maximum Gasteiger partial charge on any atom is 0.254 e. The summed E-state index contributed by atoms with van der Waals surface area (Å²) in [7, 11) is 1.93. The van der Waals surface area contributed by atoms with Crippen LogP contribution in [0.3, 0.4) is 0 Å². The molecule has 6 nitrogen and oxygen atoms in total. The Morgan fingerprint density at radius 1 is 1.21 bits per heavy atom. The normalized spacial score (nSPS) is 18.0. The number of nitrogens with one attached hydrogen (secondary N) is 1. The van der Waals surface area contributed by atoms with Crippen molar-refractivity contribution in [3.8, 4) is 0 Å². The van der Waals surface area contributed by atoms with Crippen molar-refractivity contribution in [1.82, 2.24) is 20.0 Å². The van der Waals surface area contributed by atoms with Crippen molar-refractivity contribution in [3.05, 3.63) is 52.8 Å². The average Bonchev–Trinajstić information content (AvgIpc) is 2.94. The second-order valence-electron chi connectivity index (χ2n) is 7.76. The molecule has 1 fully saturated rings. The van der Waals surface area contributed by atoms with E-state index in [-0.39, 0.29) is 17.9 Å². The van der Waals surface area contributed by atoms with Crippen molar-refractivity contribution < 1.29 is 9.59 Å². The number of likely N-dealkylation sites (tertiary alicyclic amines) is 1. The molecule has 1 saturated heterocycles. The first kappa shape index (κ1) is 20.1. The van der Waals surface area contributed by atoms with Crippen molar-refractivity contribution in [2.45, 2.75) is 58.5 Å². The lowest BCUT2D eigenvalue weighted by Crippen LogP contribution is -2.53. The van der Waals surface area contributed by atoms with Crippen LogP contribution in [0.2, 0.25) is 0 Å². The molecule has 2 amide bonds. The quantitative estimate of drug-likeness (QED) is 0.865. The van der Waals surface area contributed by atoms with Gasteiger partial charge in [-0.2, -0.15) is 5.10 Å². The lowest BCUT2D eigenvalue weighted by molar-refractivity contribution is -0.127. The minimum atomic E-state index is -0.403. The molecule has 150 valence electrons. The average molecular weight is 383 g/mol. The molecule has 1 aliphatic heterocycles. The maximum absolute atomic E-state index is 13.0. The van der Waals surface area contributed by atoms with Gasteiger partial charge in [-0.05, 0) is 64.2 Å². The molecule has 6 heteroatoms. The van der Waals surface area contributed by atoms with Gasteiger partial charge < -0.3 is 10.2 Å². The van der Waals surface area contributed by atoms with Crippen LogP contribution in [-0.2, 0) is 18.3 Å². The molecule has 2 aromatic rings. The summed E-state index contributed by atoms with van der Waals surface area (Å²) in [5, 5.41) is 7.58. The van der Waals surface area contributed by atoms with Gasteiger partial charge in [-0.15, -0.1) is 0 Å². The number of carbonyl (C=O) groups excluding carboxylic acids is 2. The highest BCUT2D eigenvalue weighted by atomic mass is 16.2. The molecule has 1 aromatic carbocycles. The highest BCUT2D eigenvalue weighted by Gasteiger charge is 2.33. The number of aromatic nitrogens is 2. The van der Waals surface area contributed by atoms with E-state index in [1.807, 2.05) is 62.8 Å². The third-order valence-electron chi connectivity index (χ3n) is 5.64. The molecule has 28 heavy (non-hydrogen) atoms. The molecule has 2 atom stereocenters. The molecular weight excluding hydrogens is 352 g/mol. The number of hydrogen-bond donors (Lipinski definition) is 1. The molecule has 2 unspecified atom stereocenters. The Bertz CT molecular complexity index is 844. The van der Waals surface area contributed by atoms with Gasteiger partial charge in [0.1, 0.15) is 6.04 Å². The zero-order valence-corrected chi connectivity index (χ0v) is 17.2. The van der Waals surface area contributed by atoms with Crippen molar-refractivity contribution in [3.63, 3.8) is 0 Å². The lowest BCUT2D eigenvalue weighted by Gasteiger charge is -2.35. The first-order chi connectivity index (χ1) is 13.4. The van der Waals surface area contributed by atoms with Gasteiger partial charge in [-0.3, -0.25) is 14.3 Å². The Morgan fingerprint density at radius 2 is 1.93 bits per heavy atom. The van der Waals surface area contributed by atoms with E-state index < -0.39 is 6.04 Å². The van der Waals surface area contributed by atoms with Crippen LogP contribution in [0.1, 0.15) is 53.5 Å². The van der Waals surface area contributed by atoms with Crippen molar-refractivity contribution in [1.29, 1.82) is 0 Å². The van der Waals surface area contributed by atoms with Crippen LogP contribution < -0.4 is 5.32 Å². The molecule has 2 heterocycles. The van der Waals surface area contributed by atoms with Crippen LogP contribution in [-0.4, -0.2) is 45.1 Å². The van der Waals surface area contributed by atoms with E-state index >= 15 is 0 Å². The van der Waals surface area contributed by atoms with Gasteiger partial charge in [0.05, 0.1) is 5.69 Å². The summed E-state index contributed by atoms with van der Waals surface area (Å²) in [5.41, 5.74) is 3.94. The number of rotatable bonds is 5. The number of nitrogens with zero attached hydrogens (tertiary/aromatic N) is 3. The number of benzene rings is 1. The largest absolute Gasteiger partial charge is 0.352 e. The van der Waals surface area contributed by atoms with Crippen LogP contribution in [0.4, 0.5) is 0 Å². The van der Waals surface area contributed by atoms with Crippen LogP contribution in [0, 0.1) is 13.8 Å². The van der Waals surface area contributed by atoms with E-state index in [0.29, 0.717) is 18.5 Å². The zero-order chi connectivity index (χ0) is 20.3. The number of amides is 2. The van der Waals surface area contributed by atoms with E-state index in [4.69, 9.17) is 0 Å². The van der Waals surface area contributed by atoms with E-state index in [9.17, 15) is 9.59 Å². The zero-order valence-electron chi connectivity index (χ0n) is 17.2. The number of hydrogen-bond acceptors (Lipinski definition) is 3. The van der Waals surface area contributed by atoms with Crippen molar-refractivity contribution in [2.75, 3.05) is 6.54 Å².